The topological polar surface area (TPSA) is 54.2 Å². The molecule has 0 aliphatic heterocycles. The smallest absolute Gasteiger partial charge is 0.191 e. The molecule has 0 amide bonds. The molecule has 1 aromatic heterocycles. The van der Waals surface area contributed by atoms with E-state index in [0.717, 1.165) is 38.6 Å². The normalized spacial score (nSPS) is 11.9. The van der Waals surface area contributed by atoms with E-state index in [1.165, 1.54) is 12.8 Å². The Labute approximate surface area is 122 Å². The quantitative estimate of drug-likeness (QED) is 0.414. The lowest BCUT2D eigenvalue weighted by Gasteiger charge is -2.14. The number of hydrogen-bond donors (Lipinski definition) is 2. The van der Waals surface area contributed by atoms with Crippen LogP contribution >= 0.6 is 0 Å². The number of guanidine groups is 1. The number of hydrogen-bond acceptors (Lipinski definition) is 2. The Morgan fingerprint density at radius 1 is 1.25 bits per heavy atom. The van der Waals surface area contributed by atoms with Gasteiger partial charge in [-0.1, -0.05) is 26.7 Å². The van der Waals surface area contributed by atoms with Crippen molar-refractivity contribution in [2.45, 2.75) is 46.6 Å². The molecule has 0 fully saturated rings. The molecule has 0 radical (unpaired) electrons. The third-order valence-corrected chi connectivity index (χ3v) is 3.45. The molecular weight excluding hydrogens is 250 g/mol. The van der Waals surface area contributed by atoms with Crippen LogP contribution < -0.4 is 10.6 Å². The van der Waals surface area contributed by atoms with Crippen molar-refractivity contribution in [2.75, 3.05) is 19.6 Å². The molecule has 5 heteroatoms. The Morgan fingerprint density at radius 3 is 2.65 bits per heavy atom. The van der Waals surface area contributed by atoms with Crippen LogP contribution in [-0.4, -0.2) is 35.1 Å². The molecule has 5 nitrogen and oxygen atoms in total. The lowest BCUT2D eigenvalue weighted by molar-refractivity contribution is 0.503. The first-order valence-corrected chi connectivity index (χ1v) is 7.78. The van der Waals surface area contributed by atoms with Crippen LogP contribution in [0, 0.1) is 5.92 Å². The Bertz CT molecular complexity index is 354. The summed E-state index contributed by atoms with van der Waals surface area (Å²) in [5, 5.41) is 6.69. The van der Waals surface area contributed by atoms with Gasteiger partial charge in [0.1, 0.15) is 0 Å². The first-order chi connectivity index (χ1) is 9.80. The molecule has 0 aromatic carbocycles. The number of nitrogens with one attached hydrogen (secondary N) is 2. The fraction of sp³-hybridized carbons (Fsp3) is 0.733. The van der Waals surface area contributed by atoms with Crippen molar-refractivity contribution in [1.82, 2.24) is 20.2 Å². The summed E-state index contributed by atoms with van der Waals surface area (Å²) in [4.78, 5) is 8.70. The second-order valence-corrected chi connectivity index (χ2v) is 4.98. The Kier molecular flexibility index (Phi) is 8.51. The highest BCUT2D eigenvalue weighted by molar-refractivity contribution is 5.79. The van der Waals surface area contributed by atoms with Gasteiger partial charge in [0, 0.05) is 38.6 Å². The number of nitrogens with zero attached hydrogens (tertiary/aromatic N) is 3. The highest BCUT2D eigenvalue weighted by atomic mass is 15.2. The van der Waals surface area contributed by atoms with Gasteiger partial charge in [-0.3, -0.25) is 4.99 Å². The molecule has 0 saturated heterocycles. The van der Waals surface area contributed by atoms with Gasteiger partial charge in [0.05, 0.1) is 6.33 Å². The predicted molar refractivity (Wildman–Crippen MR) is 84.9 cm³/mol. The fourth-order valence-electron chi connectivity index (χ4n) is 2.00. The van der Waals surface area contributed by atoms with Crippen LogP contribution in [0.1, 0.15) is 40.0 Å². The van der Waals surface area contributed by atoms with E-state index in [-0.39, 0.29) is 0 Å². The minimum atomic E-state index is 0.691. The lowest BCUT2D eigenvalue weighted by Crippen LogP contribution is -2.38. The Balaban J connectivity index is 2.28. The molecule has 0 bridgehead atoms. The van der Waals surface area contributed by atoms with Crippen molar-refractivity contribution >= 4 is 5.96 Å². The largest absolute Gasteiger partial charge is 0.357 e. The summed E-state index contributed by atoms with van der Waals surface area (Å²) in [5.41, 5.74) is 0. The van der Waals surface area contributed by atoms with Gasteiger partial charge in [0.2, 0.25) is 0 Å². The second kappa shape index (κ2) is 10.3. The van der Waals surface area contributed by atoms with Crippen molar-refractivity contribution in [2.24, 2.45) is 10.9 Å². The van der Waals surface area contributed by atoms with E-state index in [1.807, 2.05) is 18.7 Å². The average molecular weight is 279 g/mol. The maximum Gasteiger partial charge on any atom is 0.191 e. The van der Waals surface area contributed by atoms with Gasteiger partial charge in [0.15, 0.2) is 5.96 Å². The lowest BCUT2D eigenvalue weighted by atomic mass is 10.0. The molecule has 0 aliphatic carbocycles. The molecule has 1 aromatic rings. The highest BCUT2D eigenvalue weighted by Gasteiger charge is 2.03. The standard InChI is InChI=1S/C15H29N5/c1-4-14(5-2)12-19-15(17-6-3)18-8-7-10-20-11-9-16-13-20/h9,11,13-14H,4-8,10,12H2,1-3H3,(H2,17,18,19). The van der Waals surface area contributed by atoms with Crippen LogP contribution in [0.5, 0.6) is 0 Å². The maximum atomic E-state index is 4.67. The van der Waals surface area contributed by atoms with Crippen molar-refractivity contribution < 1.29 is 0 Å². The van der Waals surface area contributed by atoms with Gasteiger partial charge in [-0.05, 0) is 19.3 Å². The SMILES string of the molecule is CCNC(=NCC(CC)CC)NCCCn1ccnc1. The summed E-state index contributed by atoms with van der Waals surface area (Å²) < 4.78 is 2.09. The second-order valence-electron chi connectivity index (χ2n) is 4.98. The highest BCUT2D eigenvalue weighted by Crippen LogP contribution is 2.06. The molecule has 1 rings (SSSR count). The fourth-order valence-corrected chi connectivity index (χ4v) is 2.00. The number of rotatable bonds is 9. The van der Waals surface area contributed by atoms with E-state index in [4.69, 9.17) is 0 Å². The zero-order chi connectivity index (χ0) is 14.6. The van der Waals surface area contributed by atoms with Crippen molar-refractivity contribution in [3.63, 3.8) is 0 Å². The Morgan fingerprint density at radius 2 is 2.05 bits per heavy atom. The maximum absolute atomic E-state index is 4.67. The summed E-state index contributed by atoms with van der Waals surface area (Å²) >= 11 is 0. The van der Waals surface area contributed by atoms with Gasteiger partial charge >= 0.3 is 0 Å². The summed E-state index contributed by atoms with van der Waals surface area (Å²) in [7, 11) is 0. The molecule has 0 aliphatic rings. The first kappa shape index (κ1) is 16.5. The molecule has 20 heavy (non-hydrogen) atoms. The molecule has 0 unspecified atom stereocenters. The monoisotopic (exact) mass is 279 g/mol. The molecule has 2 N–H and O–H groups in total. The minimum Gasteiger partial charge on any atom is -0.357 e. The van der Waals surface area contributed by atoms with Gasteiger partial charge in [-0.25, -0.2) is 4.98 Å². The summed E-state index contributed by atoms with van der Waals surface area (Å²) in [6.45, 7) is 10.3. The summed E-state index contributed by atoms with van der Waals surface area (Å²) in [6.07, 6.45) is 9.11. The van der Waals surface area contributed by atoms with E-state index >= 15 is 0 Å². The van der Waals surface area contributed by atoms with E-state index < -0.39 is 0 Å². The minimum absolute atomic E-state index is 0.691. The predicted octanol–water partition coefficient (Wildman–Crippen LogP) is 2.26. The van der Waals surface area contributed by atoms with E-state index in [1.54, 1.807) is 0 Å². The molecule has 0 atom stereocenters. The number of aryl methyl sites for hydroxylation is 1. The Hall–Kier alpha value is -1.52. The third kappa shape index (κ3) is 6.59. The average Bonchev–Trinajstić information content (AvgIpc) is 2.97. The van der Waals surface area contributed by atoms with E-state index in [2.05, 4.69) is 45.9 Å². The van der Waals surface area contributed by atoms with Gasteiger partial charge in [0.25, 0.3) is 0 Å². The van der Waals surface area contributed by atoms with Crippen LogP contribution in [0.25, 0.3) is 0 Å². The molecule has 114 valence electrons. The number of imidazole rings is 1. The van der Waals surface area contributed by atoms with Crippen molar-refractivity contribution in [1.29, 1.82) is 0 Å². The van der Waals surface area contributed by atoms with Gasteiger partial charge in [-0.2, -0.15) is 0 Å². The van der Waals surface area contributed by atoms with Gasteiger partial charge in [-0.15, -0.1) is 0 Å². The molecule has 0 spiro atoms. The number of aromatic nitrogens is 2. The first-order valence-electron chi connectivity index (χ1n) is 7.78. The third-order valence-electron chi connectivity index (χ3n) is 3.45. The van der Waals surface area contributed by atoms with Crippen LogP contribution in [0.3, 0.4) is 0 Å². The van der Waals surface area contributed by atoms with Gasteiger partial charge < -0.3 is 15.2 Å². The van der Waals surface area contributed by atoms with E-state index in [0.29, 0.717) is 5.92 Å². The van der Waals surface area contributed by atoms with Crippen LogP contribution in [0.2, 0.25) is 0 Å². The zero-order valence-electron chi connectivity index (χ0n) is 13.1. The van der Waals surface area contributed by atoms with Crippen LogP contribution in [0.4, 0.5) is 0 Å². The van der Waals surface area contributed by atoms with Crippen molar-refractivity contribution in [3.05, 3.63) is 18.7 Å². The van der Waals surface area contributed by atoms with Crippen LogP contribution in [0.15, 0.2) is 23.7 Å². The number of aliphatic imine (C=N–C) groups is 1. The summed E-state index contributed by atoms with van der Waals surface area (Å²) in [6, 6.07) is 0. The zero-order valence-corrected chi connectivity index (χ0v) is 13.1. The van der Waals surface area contributed by atoms with Crippen molar-refractivity contribution in [3.8, 4) is 0 Å². The molecule has 1 heterocycles. The molecule has 0 saturated carbocycles. The van der Waals surface area contributed by atoms with Crippen LogP contribution in [-0.2, 0) is 6.54 Å². The molecular formula is C15H29N5. The van der Waals surface area contributed by atoms with E-state index in [9.17, 15) is 0 Å². The summed E-state index contributed by atoms with van der Waals surface area (Å²) in [5.74, 6) is 1.63.